The number of hydrogen-bond acceptors (Lipinski definition) is 4. The molecule has 1 fully saturated rings. The molecule has 0 radical (unpaired) electrons. The Morgan fingerprint density at radius 1 is 1.11 bits per heavy atom. The van der Waals surface area contributed by atoms with Crippen LogP contribution in [0, 0.1) is 0 Å². The van der Waals surface area contributed by atoms with Gasteiger partial charge in [-0.15, -0.1) is 0 Å². The molecular weight excluding hydrogens is 372 g/mol. The molecule has 2 N–H and O–H groups in total. The minimum absolute atomic E-state index is 0.0999. The predicted molar refractivity (Wildman–Crippen MR) is 113 cm³/mol. The Morgan fingerprint density at radius 3 is 2.50 bits per heavy atom. The highest BCUT2D eigenvalue weighted by Crippen LogP contribution is 2.32. The molecule has 0 aliphatic heterocycles. The van der Waals surface area contributed by atoms with Gasteiger partial charge < -0.3 is 15.1 Å². The largest absolute Gasteiger partial charge is 0.459 e. The second-order valence-corrected chi connectivity index (χ2v) is 8.24. The molecule has 2 amide bonds. The fourth-order valence-corrected chi connectivity index (χ4v) is 4.21. The lowest BCUT2D eigenvalue weighted by atomic mass is 9.81. The summed E-state index contributed by atoms with van der Waals surface area (Å²) < 4.78 is 5.14. The molecular formula is C22H28N2O3S. The molecule has 1 aliphatic carbocycles. The smallest absolute Gasteiger partial charge is 0.287 e. The van der Waals surface area contributed by atoms with Crippen LogP contribution in [0.25, 0.3) is 0 Å². The molecule has 1 saturated carbocycles. The Balaban J connectivity index is 1.52. The van der Waals surface area contributed by atoms with Crippen LogP contribution < -0.4 is 10.6 Å². The van der Waals surface area contributed by atoms with E-state index in [1.165, 1.54) is 11.8 Å². The van der Waals surface area contributed by atoms with Crippen molar-refractivity contribution in [1.29, 1.82) is 0 Å². The third kappa shape index (κ3) is 5.64. The number of nitrogens with one attached hydrogen (secondary N) is 2. The van der Waals surface area contributed by atoms with Crippen molar-refractivity contribution in [1.82, 2.24) is 10.6 Å². The number of thioether (sulfide) groups is 1. The Morgan fingerprint density at radius 2 is 1.86 bits per heavy atom. The van der Waals surface area contributed by atoms with Gasteiger partial charge in [-0.25, -0.2) is 0 Å². The fourth-order valence-electron chi connectivity index (χ4n) is 3.74. The Hall–Kier alpha value is -2.21. The van der Waals surface area contributed by atoms with Crippen LogP contribution in [0.3, 0.4) is 0 Å². The van der Waals surface area contributed by atoms with Gasteiger partial charge in [0, 0.05) is 6.04 Å². The van der Waals surface area contributed by atoms with Crippen LogP contribution in [0.2, 0.25) is 0 Å². The van der Waals surface area contributed by atoms with Gasteiger partial charge in [0.1, 0.15) is 6.04 Å². The minimum Gasteiger partial charge on any atom is -0.459 e. The van der Waals surface area contributed by atoms with E-state index >= 15 is 0 Å². The summed E-state index contributed by atoms with van der Waals surface area (Å²) in [7, 11) is 0. The Kier molecular flexibility index (Phi) is 7.60. The van der Waals surface area contributed by atoms with E-state index in [0.29, 0.717) is 12.3 Å². The van der Waals surface area contributed by atoms with E-state index in [1.807, 2.05) is 12.3 Å². The molecule has 28 heavy (non-hydrogen) atoms. The lowest BCUT2D eigenvalue weighted by Crippen LogP contribution is -2.50. The maximum atomic E-state index is 12.8. The zero-order valence-electron chi connectivity index (χ0n) is 16.2. The maximum Gasteiger partial charge on any atom is 0.287 e. The molecule has 1 heterocycles. The number of amides is 2. The lowest BCUT2D eigenvalue weighted by Gasteiger charge is -2.30. The van der Waals surface area contributed by atoms with Crippen LogP contribution in [0.1, 0.15) is 54.1 Å². The van der Waals surface area contributed by atoms with Gasteiger partial charge in [-0.3, -0.25) is 9.59 Å². The zero-order chi connectivity index (χ0) is 19.8. The van der Waals surface area contributed by atoms with Gasteiger partial charge in [0.15, 0.2) is 5.76 Å². The average Bonchev–Trinajstić information content (AvgIpc) is 3.27. The molecule has 150 valence electrons. The summed E-state index contributed by atoms with van der Waals surface area (Å²) in [6.45, 7) is 0. The molecule has 2 aromatic rings. The van der Waals surface area contributed by atoms with Gasteiger partial charge in [-0.1, -0.05) is 30.3 Å². The molecule has 0 bridgehead atoms. The Bertz CT molecular complexity index is 740. The van der Waals surface area contributed by atoms with Gasteiger partial charge in [-0.2, -0.15) is 11.8 Å². The predicted octanol–water partition coefficient (Wildman–Crippen LogP) is 3.97. The second kappa shape index (κ2) is 10.4. The first-order chi connectivity index (χ1) is 13.7. The molecule has 0 unspecified atom stereocenters. The number of benzene rings is 1. The zero-order valence-corrected chi connectivity index (χ0v) is 17.0. The highest BCUT2D eigenvalue weighted by atomic mass is 32.2. The first kappa shape index (κ1) is 20.5. The van der Waals surface area contributed by atoms with Gasteiger partial charge in [0.2, 0.25) is 5.91 Å². The maximum absolute atomic E-state index is 12.8. The second-order valence-electron chi connectivity index (χ2n) is 7.25. The van der Waals surface area contributed by atoms with Crippen molar-refractivity contribution in [2.45, 2.75) is 50.1 Å². The van der Waals surface area contributed by atoms with Crippen molar-refractivity contribution in [3.63, 3.8) is 0 Å². The fraction of sp³-hybridized carbons (Fsp3) is 0.455. The number of rotatable bonds is 8. The topological polar surface area (TPSA) is 71.3 Å². The Labute approximate surface area is 170 Å². The third-order valence-electron chi connectivity index (χ3n) is 5.32. The summed E-state index contributed by atoms with van der Waals surface area (Å²) in [5.41, 5.74) is 1.39. The summed E-state index contributed by atoms with van der Waals surface area (Å²) in [5, 5.41) is 5.98. The molecule has 5 nitrogen and oxygen atoms in total. The van der Waals surface area contributed by atoms with Crippen molar-refractivity contribution < 1.29 is 14.0 Å². The average molecular weight is 401 g/mol. The number of furan rings is 1. The SMILES string of the molecule is CSCC[C@H](NC(=O)c1ccco1)C(=O)NC1CCC(c2ccccc2)CC1. The molecule has 3 rings (SSSR count). The summed E-state index contributed by atoms with van der Waals surface area (Å²) in [6.07, 6.45) is 8.12. The van der Waals surface area contributed by atoms with Crippen molar-refractivity contribution in [3.8, 4) is 0 Å². The lowest BCUT2D eigenvalue weighted by molar-refractivity contribution is -0.124. The quantitative estimate of drug-likeness (QED) is 0.703. The van der Waals surface area contributed by atoms with E-state index < -0.39 is 6.04 Å². The number of carbonyl (C=O) groups is 2. The van der Waals surface area contributed by atoms with E-state index in [0.717, 1.165) is 31.4 Å². The number of carbonyl (C=O) groups excluding carboxylic acids is 2. The standard InChI is InChI=1S/C22H28N2O3S/c1-28-15-13-19(24-22(26)20-8-5-14-27-20)21(25)23-18-11-9-17(10-12-18)16-6-3-2-4-7-16/h2-8,14,17-19H,9-13,15H2,1H3,(H,23,25)(H,24,26)/t17?,18?,19-/m0/s1. The molecule has 1 aromatic carbocycles. The first-order valence-electron chi connectivity index (χ1n) is 9.86. The van der Waals surface area contributed by atoms with Crippen LogP contribution in [-0.2, 0) is 4.79 Å². The van der Waals surface area contributed by atoms with E-state index in [-0.39, 0.29) is 23.6 Å². The van der Waals surface area contributed by atoms with Crippen molar-refractivity contribution >= 4 is 23.6 Å². The van der Waals surface area contributed by atoms with Gasteiger partial charge in [0.25, 0.3) is 5.91 Å². The summed E-state index contributed by atoms with van der Waals surface area (Å²) in [4.78, 5) is 25.1. The van der Waals surface area contributed by atoms with Gasteiger partial charge >= 0.3 is 0 Å². The van der Waals surface area contributed by atoms with Crippen molar-refractivity contribution in [2.75, 3.05) is 12.0 Å². The monoisotopic (exact) mass is 400 g/mol. The van der Waals surface area contributed by atoms with Gasteiger partial charge in [0.05, 0.1) is 6.26 Å². The summed E-state index contributed by atoms with van der Waals surface area (Å²) in [5.74, 6) is 1.15. The minimum atomic E-state index is -0.545. The summed E-state index contributed by atoms with van der Waals surface area (Å²) >= 11 is 1.66. The highest BCUT2D eigenvalue weighted by molar-refractivity contribution is 7.98. The van der Waals surface area contributed by atoms with Gasteiger partial charge in [-0.05, 0) is 67.7 Å². The highest BCUT2D eigenvalue weighted by Gasteiger charge is 2.27. The normalized spacial score (nSPS) is 20.3. The van der Waals surface area contributed by atoms with Crippen LogP contribution in [-0.4, -0.2) is 35.9 Å². The summed E-state index contributed by atoms with van der Waals surface area (Å²) in [6, 6.07) is 13.5. The molecule has 1 aromatic heterocycles. The number of hydrogen-bond donors (Lipinski definition) is 2. The molecule has 1 aliphatic rings. The van der Waals surface area contributed by atoms with Crippen molar-refractivity contribution in [3.05, 3.63) is 60.1 Å². The van der Waals surface area contributed by atoms with E-state index in [4.69, 9.17) is 4.42 Å². The molecule has 0 spiro atoms. The first-order valence-corrected chi connectivity index (χ1v) is 11.3. The third-order valence-corrected chi connectivity index (χ3v) is 5.97. The van der Waals surface area contributed by atoms with Crippen LogP contribution in [0.4, 0.5) is 0 Å². The molecule has 1 atom stereocenters. The van der Waals surface area contributed by atoms with Crippen molar-refractivity contribution in [2.24, 2.45) is 0 Å². The van der Waals surface area contributed by atoms with Crippen LogP contribution >= 0.6 is 11.8 Å². The molecule has 6 heteroatoms. The molecule has 0 saturated heterocycles. The van der Waals surface area contributed by atoms with E-state index in [9.17, 15) is 9.59 Å². The van der Waals surface area contributed by atoms with Crippen LogP contribution in [0.15, 0.2) is 53.1 Å². The van der Waals surface area contributed by atoms with E-state index in [2.05, 4.69) is 34.9 Å². The van der Waals surface area contributed by atoms with Crippen LogP contribution in [0.5, 0.6) is 0 Å². The van der Waals surface area contributed by atoms with E-state index in [1.54, 1.807) is 23.9 Å².